The van der Waals surface area contributed by atoms with E-state index >= 15 is 0 Å². The van der Waals surface area contributed by atoms with Gasteiger partial charge in [-0.2, -0.15) is 0 Å². The molecule has 0 fully saturated rings. The molecule has 0 saturated heterocycles. The van der Waals surface area contributed by atoms with Gasteiger partial charge in [-0.15, -0.1) is 12.4 Å². The number of nitrogens with two attached hydrogens (primary N) is 1. The summed E-state index contributed by atoms with van der Waals surface area (Å²) in [6.45, 7) is 3.71. The molecule has 2 aromatic rings. The maximum absolute atomic E-state index is 13.9. The van der Waals surface area contributed by atoms with Crippen LogP contribution in [0, 0.1) is 5.82 Å². The van der Waals surface area contributed by atoms with Crippen LogP contribution in [0.1, 0.15) is 31.0 Å². The van der Waals surface area contributed by atoms with Gasteiger partial charge in [-0.25, -0.2) is 4.39 Å². The maximum Gasteiger partial charge on any atom is 0.230 e. The number of hydrogen-bond acceptors (Lipinski definition) is 2. The van der Waals surface area contributed by atoms with E-state index < -0.39 is 5.41 Å². The van der Waals surface area contributed by atoms with Crippen LogP contribution in [0.5, 0.6) is 0 Å². The van der Waals surface area contributed by atoms with Crippen molar-refractivity contribution in [3.8, 4) is 0 Å². The standard InChI is InChI=1S/C18H21FN2O.ClH/c1-18(2,14-10-6-7-11-15(14)19)17(22)21-12-16(20)13-8-4-3-5-9-13;/h3-11,16H,12,20H2,1-2H3,(H,21,22);1H. The summed E-state index contributed by atoms with van der Waals surface area (Å²) in [4.78, 5) is 12.4. The van der Waals surface area contributed by atoms with E-state index in [1.54, 1.807) is 32.0 Å². The number of hydrogen-bond donors (Lipinski definition) is 2. The number of benzene rings is 2. The van der Waals surface area contributed by atoms with E-state index in [0.29, 0.717) is 12.1 Å². The molecule has 1 unspecified atom stereocenters. The molecule has 0 aliphatic rings. The van der Waals surface area contributed by atoms with Gasteiger partial charge < -0.3 is 11.1 Å². The van der Waals surface area contributed by atoms with E-state index in [9.17, 15) is 9.18 Å². The molecular weight excluding hydrogens is 315 g/mol. The first kappa shape index (κ1) is 19.1. The molecule has 0 aromatic heterocycles. The molecule has 1 atom stereocenters. The Labute approximate surface area is 142 Å². The fourth-order valence-electron chi connectivity index (χ4n) is 2.33. The Kier molecular flexibility index (Phi) is 6.73. The van der Waals surface area contributed by atoms with Crippen LogP contribution in [0.4, 0.5) is 4.39 Å². The van der Waals surface area contributed by atoms with E-state index in [1.165, 1.54) is 6.07 Å². The SMILES string of the molecule is CC(C)(C(=O)NCC(N)c1ccccc1)c1ccccc1F.Cl. The van der Waals surface area contributed by atoms with Gasteiger partial charge in [0, 0.05) is 18.2 Å². The van der Waals surface area contributed by atoms with Crippen molar-refractivity contribution < 1.29 is 9.18 Å². The van der Waals surface area contributed by atoms with Crippen LogP contribution < -0.4 is 11.1 Å². The van der Waals surface area contributed by atoms with E-state index in [4.69, 9.17) is 5.73 Å². The van der Waals surface area contributed by atoms with Crippen LogP contribution in [0.3, 0.4) is 0 Å². The monoisotopic (exact) mass is 336 g/mol. The van der Waals surface area contributed by atoms with Crippen molar-refractivity contribution in [3.63, 3.8) is 0 Å². The summed E-state index contributed by atoms with van der Waals surface area (Å²) < 4.78 is 13.9. The second-order valence-electron chi connectivity index (χ2n) is 5.83. The zero-order valence-corrected chi connectivity index (χ0v) is 14.1. The summed E-state index contributed by atoms with van der Waals surface area (Å²) in [5, 5.41) is 2.82. The summed E-state index contributed by atoms with van der Waals surface area (Å²) in [6, 6.07) is 15.6. The first-order chi connectivity index (χ1) is 10.4. The molecule has 0 aliphatic heterocycles. The lowest BCUT2D eigenvalue weighted by Crippen LogP contribution is -2.43. The third-order valence-electron chi connectivity index (χ3n) is 3.83. The Morgan fingerprint density at radius 1 is 1.13 bits per heavy atom. The van der Waals surface area contributed by atoms with Crippen LogP contribution in [0.15, 0.2) is 54.6 Å². The van der Waals surface area contributed by atoms with Crippen molar-refractivity contribution in [1.29, 1.82) is 0 Å². The minimum Gasteiger partial charge on any atom is -0.353 e. The molecular formula is C18H22ClFN2O. The Bertz CT molecular complexity index is 646. The Hall–Kier alpha value is -1.91. The topological polar surface area (TPSA) is 55.1 Å². The van der Waals surface area contributed by atoms with Gasteiger partial charge in [0.15, 0.2) is 0 Å². The summed E-state index contributed by atoms with van der Waals surface area (Å²) in [6.07, 6.45) is 0. The van der Waals surface area contributed by atoms with Gasteiger partial charge in [-0.05, 0) is 25.5 Å². The molecule has 0 heterocycles. The Balaban J connectivity index is 0.00000264. The van der Waals surface area contributed by atoms with Crippen molar-refractivity contribution in [3.05, 3.63) is 71.5 Å². The Morgan fingerprint density at radius 2 is 1.70 bits per heavy atom. The van der Waals surface area contributed by atoms with Crippen molar-refractivity contribution >= 4 is 18.3 Å². The fourth-order valence-corrected chi connectivity index (χ4v) is 2.33. The minimum absolute atomic E-state index is 0. The molecule has 1 amide bonds. The number of carbonyl (C=O) groups is 1. The second kappa shape index (κ2) is 8.09. The summed E-state index contributed by atoms with van der Waals surface area (Å²) in [5.41, 5.74) is 6.44. The van der Waals surface area contributed by atoms with Crippen LogP contribution in [-0.4, -0.2) is 12.5 Å². The number of amides is 1. The highest BCUT2D eigenvalue weighted by Crippen LogP contribution is 2.26. The summed E-state index contributed by atoms with van der Waals surface area (Å²) in [5.74, 6) is -0.626. The highest BCUT2D eigenvalue weighted by atomic mass is 35.5. The molecule has 0 aliphatic carbocycles. The van der Waals surface area contributed by atoms with Crippen molar-refractivity contribution in [1.82, 2.24) is 5.32 Å². The van der Waals surface area contributed by atoms with Gasteiger partial charge in [-0.3, -0.25) is 4.79 Å². The molecule has 2 rings (SSSR count). The Morgan fingerprint density at radius 3 is 2.30 bits per heavy atom. The lowest BCUT2D eigenvalue weighted by Gasteiger charge is -2.25. The molecule has 3 N–H and O–H groups in total. The molecule has 3 nitrogen and oxygen atoms in total. The molecule has 23 heavy (non-hydrogen) atoms. The molecule has 0 saturated carbocycles. The third-order valence-corrected chi connectivity index (χ3v) is 3.83. The normalized spacial score (nSPS) is 12.2. The zero-order valence-electron chi connectivity index (χ0n) is 13.3. The number of nitrogens with one attached hydrogen (secondary N) is 1. The van der Waals surface area contributed by atoms with Gasteiger partial charge in [-0.1, -0.05) is 48.5 Å². The van der Waals surface area contributed by atoms with E-state index in [0.717, 1.165) is 5.56 Å². The highest BCUT2D eigenvalue weighted by molar-refractivity contribution is 5.87. The molecule has 124 valence electrons. The van der Waals surface area contributed by atoms with Crippen molar-refractivity contribution in [2.24, 2.45) is 5.73 Å². The zero-order chi connectivity index (χ0) is 16.2. The lowest BCUT2D eigenvalue weighted by molar-refractivity contribution is -0.125. The van der Waals surface area contributed by atoms with E-state index in [-0.39, 0.29) is 30.2 Å². The number of rotatable bonds is 5. The predicted molar refractivity (Wildman–Crippen MR) is 93.1 cm³/mol. The molecule has 2 aromatic carbocycles. The van der Waals surface area contributed by atoms with Gasteiger partial charge >= 0.3 is 0 Å². The van der Waals surface area contributed by atoms with Gasteiger partial charge in [0.05, 0.1) is 5.41 Å². The summed E-state index contributed by atoms with van der Waals surface area (Å²) >= 11 is 0. The highest BCUT2D eigenvalue weighted by Gasteiger charge is 2.32. The molecule has 0 radical (unpaired) electrons. The average Bonchev–Trinajstić information content (AvgIpc) is 2.53. The minimum atomic E-state index is -0.957. The van der Waals surface area contributed by atoms with Crippen LogP contribution >= 0.6 is 12.4 Å². The second-order valence-corrected chi connectivity index (χ2v) is 5.83. The van der Waals surface area contributed by atoms with Gasteiger partial charge in [0.25, 0.3) is 0 Å². The van der Waals surface area contributed by atoms with Gasteiger partial charge in [0.1, 0.15) is 5.82 Å². The quantitative estimate of drug-likeness (QED) is 0.879. The van der Waals surface area contributed by atoms with Crippen LogP contribution in [0.25, 0.3) is 0 Å². The number of carbonyl (C=O) groups excluding carboxylic acids is 1. The molecule has 0 bridgehead atoms. The van der Waals surface area contributed by atoms with E-state index in [1.807, 2.05) is 30.3 Å². The smallest absolute Gasteiger partial charge is 0.230 e. The largest absolute Gasteiger partial charge is 0.353 e. The average molecular weight is 337 g/mol. The van der Waals surface area contributed by atoms with Crippen LogP contribution in [0.2, 0.25) is 0 Å². The van der Waals surface area contributed by atoms with E-state index in [2.05, 4.69) is 5.32 Å². The first-order valence-corrected chi connectivity index (χ1v) is 7.26. The maximum atomic E-state index is 13.9. The third kappa shape index (κ3) is 4.53. The fraction of sp³-hybridized carbons (Fsp3) is 0.278. The number of halogens is 2. The molecule has 5 heteroatoms. The van der Waals surface area contributed by atoms with Gasteiger partial charge in [0.2, 0.25) is 5.91 Å². The lowest BCUT2D eigenvalue weighted by atomic mass is 9.83. The summed E-state index contributed by atoms with van der Waals surface area (Å²) in [7, 11) is 0. The van der Waals surface area contributed by atoms with Crippen molar-refractivity contribution in [2.45, 2.75) is 25.3 Å². The predicted octanol–water partition coefficient (Wildman–Crippen LogP) is 3.34. The van der Waals surface area contributed by atoms with Crippen LogP contribution in [-0.2, 0) is 10.2 Å². The molecule has 0 spiro atoms. The van der Waals surface area contributed by atoms with Crippen molar-refractivity contribution in [2.75, 3.05) is 6.54 Å². The first-order valence-electron chi connectivity index (χ1n) is 7.26.